The Morgan fingerprint density at radius 1 is 1.52 bits per heavy atom. The molecule has 1 fully saturated rings. The zero-order chi connectivity index (χ0) is 15.7. The van der Waals surface area contributed by atoms with Crippen molar-refractivity contribution < 1.29 is 17.5 Å². The summed E-state index contributed by atoms with van der Waals surface area (Å²) >= 11 is 0. The summed E-state index contributed by atoms with van der Waals surface area (Å²) in [7, 11) is -1.78. The molecular formula is C14H21FN2O3S. The number of ether oxygens (including phenoxy) is 1. The maximum atomic E-state index is 14.0. The van der Waals surface area contributed by atoms with Crippen LogP contribution in [-0.4, -0.2) is 39.1 Å². The molecule has 0 amide bonds. The molecule has 2 rings (SSSR count). The van der Waals surface area contributed by atoms with Crippen molar-refractivity contribution in [1.29, 1.82) is 0 Å². The molecule has 21 heavy (non-hydrogen) atoms. The molecule has 0 bridgehead atoms. The van der Waals surface area contributed by atoms with Gasteiger partial charge in [0.05, 0.1) is 23.6 Å². The summed E-state index contributed by atoms with van der Waals surface area (Å²) in [5.41, 5.74) is 5.23. The average molecular weight is 316 g/mol. The Hall–Kier alpha value is -1.34. The monoisotopic (exact) mass is 316 g/mol. The Balaban J connectivity index is 2.39. The molecule has 0 aliphatic heterocycles. The van der Waals surface area contributed by atoms with Gasteiger partial charge in [-0.15, -0.1) is 0 Å². The summed E-state index contributed by atoms with van der Waals surface area (Å²) in [6.07, 6.45) is 3.08. The summed E-state index contributed by atoms with van der Waals surface area (Å²) < 4.78 is 43.0. The number of rotatable bonds is 5. The highest BCUT2D eigenvalue weighted by Gasteiger charge is 2.47. The number of methoxy groups -OCH3 is 1. The minimum atomic E-state index is -3.27. The molecule has 0 radical (unpaired) electrons. The summed E-state index contributed by atoms with van der Waals surface area (Å²) in [5.74, 6) is 0.0442. The Morgan fingerprint density at radius 3 is 2.81 bits per heavy atom. The fraction of sp³-hybridized carbons (Fsp3) is 0.571. The van der Waals surface area contributed by atoms with Crippen LogP contribution < -0.4 is 15.8 Å². The van der Waals surface area contributed by atoms with Crippen LogP contribution in [0.25, 0.3) is 0 Å². The van der Waals surface area contributed by atoms with Gasteiger partial charge in [-0.2, -0.15) is 0 Å². The lowest BCUT2D eigenvalue weighted by atomic mass is 9.96. The summed E-state index contributed by atoms with van der Waals surface area (Å²) in [4.78, 5) is 0. The van der Waals surface area contributed by atoms with Gasteiger partial charge in [-0.1, -0.05) is 0 Å². The van der Waals surface area contributed by atoms with Crippen molar-refractivity contribution in [1.82, 2.24) is 0 Å². The third-order valence-electron chi connectivity index (χ3n) is 4.14. The van der Waals surface area contributed by atoms with Crippen molar-refractivity contribution >= 4 is 15.5 Å². The highest BCUT2D eigenvalue weighted by atomic mass is 32.2. The lowest BCUT2D eigenvalue weighted by molar-refractivity contribution is 0.413. The van der Waals surface area contributed by atoms with Crippen molar-refractivity contribution in [2.24, 2.45) is 5.73 Å². The van der Waals surface area contributed by atoms with Crippen LogP contribution in [0, 0.1) is 5.82 Å². The van der Waals surface area contributed by atoms with Crippen LogP contribution in [0.15, 0.2) is 18.2 Å². The van der Waals surface area contributed by atoms with Crippen LogP contribution >= 0.6 is 0 Å². The number of hydrogen-bond donors (Lipinski definition) is 2. The van der Waals surface area contributed by atoms with Crippen molar-refractivity contribution in [3.63, 3.8) is 0 Å². The minimum absolute atomic E-state index is 0.126. The molecule has 1 aliphatic rings. The van der Waals surface area contributed by atoms with Crippen molar-refractivity contribution in [3.8, 4) is 5.75 Å². The number of benzene rings is 1. The molecule has 2 atom stereocenters. The van der Waals surface area contributed by atoms with Gasteiger partial charge in [0.15, 0.2) is 9.84 Å². The van der Waals surface area contributed by atoms with Gasteiger partial charge in [-0.3, -0.25) is 0 Å². The third kappa shape index (κ3) is 3.13. The average Bonchev–Trinajstić information content (AvgIpc) is 2.85. The van der Waals surface area contributed by atoms with Crippen molar-refractivity contribution in [2.75, 3.05) is 25.2 Å². The number of halogens is 1. The van der Waals surface area contributed by atoms with E-state index in [2.05, 4.69) is 5.32 Å². The van der Waals surface area contributed by atoms with Gasteiger partial charge in [0, 0.05) is 18.9 Å². The number of nitrogens with two attached hydrogens (primary N) is 1. The number of hydrogen-bond acceptors (Lipinski definition) is 5. The largest absolute Gasteiger partial charge is 0.497 e. The predicted octanol–water partition coefficient (Wildman–Crippen LogP) is 1.54. The summed E-state index contributed by atoms with van der Waals surface area (Å²) in [6, 6.07) is 4.32. The first kappa shape index (κ1) is 16.0. The van der Waals surface area contributed by atoms with Gasteiger partial charge in [-0.05, 0) is 31.4 Å². The van der Waals surface area contributed by atoms with Crippen LogP contribution in [0.1, 0.15) is 19.3 Å². The quantitative estimate of drug-likeness (QED) is 0.861. The summed E-state index contributed by atoms with van der Waals surface area (Å²) in [6.45, 7) is 0.126. The summed E-state index contributed by atoms with van der Waals surface area (Å²) in [5, 5.41) is 2.43. The van der Waals surface area contributed by atoms with E-state index >= 15 is 0 Å². The molecule has 0 spiro atoms. The molecule has 0 heterocycles. The first-order valence-electron chi connectivity index (χ1n) is 6.83. The molecule has 118 valence electrons. The lowest BCUT2D eigenvalue weighted by Gasteiger charge is -2.35. The second kappa shape index (κ2) is 5.81. The van der Waals surface area contributed by atoms with Crippen LogP contribution in [-0.2, 0) is 9.84 Å². The van der Waals surface area contributed by atoms with Crippen LogP contribution in [0.2, 0.25) is 0 Å². The van der Waals surface area contributed by atoms with Crippen molar-refractivity contribution in [2.45, 2.75) is 30.1 Å². The van der Waals surface area contributed by atoms with E-state index in [1.807, 2.05) is 0 Å². The molecule has 0 saturated heterocycles. The molecule has 1 aliphatic carbocycles. The zero-order valence-electron chi connectivity index (χ0n) is 12.2. The fourth-order valence-electron chi connectivity index (χ4n) is 3.09. The molecule has 7 heteroatoms. The SMILES string of the molecule is COc1ccc(F)c(NC2(CN)CCCC2S(C)(=O)=O)c1. The lowest BCUT2D eigenvalue weighted by Crippen LogP contribution is -2.54. The van der Waals surface area contributed by atoms with E-state index in [4.69, 9.17) is 10.5 Å². The second-order valence-electron chi connectivity index (χ2n) is 5.54. The molecule has 3 N–H and O–H groups in total. The minimum Gasteiger partial charge on any atom is -0.497 e. The number of sulfone groups is 1. The Bertz CT molecular complexity index is 621. The fourth-order valence-corrected chi connectivity index (χ4v) is 4.77. The zero-order valence-corrected chi connectivity index (χ0v) is 13.0. The molecule has 2 unspecified atom stereocenters. The van der Waals surface area contributed by atoms with E-state index < -0.39 is 26.4 Å². The predicted molar refractivity (Wildman–Crippen MR) is 80.8 cm³/mol. The van der Waals surface area contributed by atoms with Gasteiger partial charge in [0.2, 0.25) is 0 Å². The molecule has 1 aromatic rings. The maximum Gasteiger partial charge on any atom is 0.152 e. The normalized spacial score (nSPS) is 25.8. The number of nitrogens with one attached hydrogen (secondary N) is 1. The Labute approximate surface area is 124 Å². The maximum absolute atomic E-state index is 14.0. The molecule has 1 aromatic carbocycles. The smallest absolute Gasteiger partial charge is 0.152 e. The molecular weight excluding hydrogens is 295 g/mol. The highest BCUT2D eigenvalue weighted by molar-refractivity contribution is 7.91. The van der Waals surface area contributed by atoms with Crippen molar-refractivity contribution in [3.05, 3.63) is 24.0 Å². The second-order valence-corrected chi connectivity index (χ2v) is 7.77. The first-order chi connectivity index (χ1) is 9.82. The van der Waals surface area contributed by atoms with E-state index in [1.165, 1.54) is 31.6 Å². The molecule has 0 aromatic heterocycles. The van der Waals surface area contributed by atoms with Crippen LogP contribution in [0.4, 0.5) is 10.1 Å². The molecule has 1 saturated carbocycles. The van der Waals surface area contributed by atoms with E-state index in [9.17, 15) is 12.8 Å². The topological polar surface area (TPSA) is 81.4 Å². The number of anilines is 1. The molecule has 5 nitrogen and oxygen atoms in total. The highest BCUT2D eigenvalue weighted by Crippen LogP contribution is 2.38. The van der Waals surface area contributed by atoms with Gasteiger partial charge in [0.25, 0.3) is 0 Å². The van der Waals surface area contributed by atoms with Crippen LogP contribution in [0.5, 0.6) is 5.75 Å². The first-order valence-corrected chi connectivity index (χ1v) is 8.78. The van der Waals surface area contributed by atoms with E-state index in [-0.39, 0.29) is 12.2 Å². The van der Waals surface area contributed by atoms with E-state index in [1.54, 1.807) is 0 Å². The van der Waals surface area contributed by atoms with Gasteiger partial charge in [0.1, 0.15) is 11.6 Å². The van der Waals surface area contributed by atoms with Crippen LogP contribution in [0.3, 0.4) is 0 Å². The third-order valence-corrected chi connectivity index (χ3v) is 5.86. The van der Waals surface area contributed by atoms with Gasteiger partial charge >= 0.3 is 0 Å². The standard InChI is InChI=1S/C14H21FN2O3S/c1-20-10-5-6-11(15)12(8-10)17-14(9-16)7-3-4-13(14)21(2,18)19/h5-6,8,13,17H,3-4,7,9,16H2,1-2H3. The Morgan fingerprint density at radius 2 is 2.24 bits per heavy atom. The van der Waals surface area contributed by atoms with Gasteiger partial charge < -0.3 is 15.8 Å². The Kier molecular flexibility index (Phi) is 4.43. The van der Waals surface area contributed by atoms with Gasteiger partial charge in [-0.25, -0.2) is 12.8 Å². The van der Waals surface area contributed by atoms with E-state index in [0.717, 1.165) is 6.42 Å². The van der Waals surface area contributed by atoms with E-state index in [0.29, 0.717) is 18.6 Å².